The van der Waals surface area contributed by atoms with E-state index in [-0.39, 0.29) is 17.7 Å². The van der Waals surface area contributed by atoms with Gasteiger partial charge in [-0.2, -0.15) is 0 Å². The first kappa shape index (κ1) is 11.1. The van der Waals surface area contributed by atoms with Crippen LogP contribution in [0.5, 0.6) is 0 Å². The van der Waals surface area contributed by atoms with Crippen molar-refractivity contribution in [2.75, 3.05) is 5.88 Å². The molecule has 0 bridgehead atoms. The molecule has 0 aliphatic rings. The fraction of sp³-hybridized carbons (Fsp3) is 0.857. The highest BCUT2D eigenvalue weighted by Gasteiger charge is 2.29. The maximum atomic E-state index is 10.3. The van der Waals surface area contributed by atoms with E-state index in [0.717, 1.165) is 0 Å². The van der Waals surface area contributed by atoms with Crippen LogP contribution in [0, 0.1) is 5.41 Å². The molecule has 0 heterocycles. The molecule has 0 aromatic carbocycles. The Kier molecular flexibility index (Phi) is 4.19. The lowest BCUT2D eigenvalue weighted by molar-refractivity contribution is -0.139. The number of hydrogen-bond donors (Lipinski definition) is 1. The largest absolute Gasteiger partial charge is 0.481 e. The lowest BCUT2D eigenvalue weighted by Crippen LogP contribution is -2.28. The highest BCUT2D eigenvalue weighted by Crippen LogP contribution is 2.30. The minimum atomic E-state index is -0.842. The maximum Gasteiger partial charge on any atom is 0.303 e. The highest BCUT2D eigenvalue weighted by molar-refractivity contribution is 6.28. The van der Waals surface area contributed by atoms with Crippen molar-refractivity contribution in [3.63, 3.8) is 0 Å². The van der Waals surface area contributed by atoms with Gasteiger partial charge in [-0.05, 0) is 5.41 Å². The SMILES string of the molecule is CC(C)(CC(=O)O)C(Cl)CCl. The first-order valence-electron chi connectivity index (χ1n) is 3.32. The Bertz CT molecular complexity index is 145. The van der Waals surface area contributed by atoms with Crippen LogP contribution in [0.1, 0.15) is 20.3 Å². The second-order valence-corrected chi connectivity index (χ2v) is 4.02. The molecule has 0 fully saturated rings. The minimum Gasteiger partial charge on any atom is -0.481 e. The highest BCUT2D eigenvalue weighted by atomic mass is 35.5. The normalized spacial score (nSPS) is 14.5. The molecule has 0 aromatic heterocycles. The van der Waals surface area contributed by atoms with Crippen molar-refractivity contribution in [1.29, 1.82) is 0 Å². The van der Waals surface area contributed by atoms with Crippen LogP contribution in [0.4, 0.5) is 0 Å². The number of halogens is 2. The topological polar surface area (TPSA) is 37.3 Å². The van der Waals surface area contributed by atoms with Gasteiger partial charge in [-0.25, -0.2) is 0 Å². The van der Waals surface area contributed by atoms with E-state index in [1.165, 1.54) is 0 Å². The van der Waals surface area contributed by atoms with E-state index in [4.69, 9.17) is 28.3 Å². The lowest BCUT2D eigenvalue weighted by atomic mass is 9.86. The van der Waals surface area contributed by atoms with Crippen LogP contribution in [0.2, 0.25) is 0 Å². The third-order valence-electron chi connectivity index (χ3n) is 1.59. The Morgan fingerprint density at radius 3 is 2.36 bits per heavy atom. The Morgan fingerprint density at radius 1 is 1.64 bits per heavy atom. The summed E-state index contributed by atoms with van der Waals surface area (Å²) in [6.45, 7) is 3.59. The molecule has 11 heavy (non-hydrogen) atoms. The Morgan fingerprint density at radius 2 is 2.09 bits per heavy atom. The van der Waals surface area contributed by atoms with Crippen LogP contribution >= 0.6 is 23.2 Å². The second kappa shape index (κ2) is 4.17. The van der Waals surface area contributed by atoms with Crippen LogP contribution in [0.25, 0.3) is 0 Å². The molecule has 1 atom stereocenters. The number of hydrogen-bond acceptors (Lipinski definition) is 1. The molecule has 0 rings (SSSR count). The van der Waals surface area contributed by atoms with Gasteiger partial charge in [0.2, 0.25) is 0 Å². The van der Waals surface area contributed by atoms with Gasteiger partial charge in [0, 0.05) is 5.88 Å². The first-order chi connectivity index (χ1) is 4.90. The summed E-state index contributed by atoms with van der Waals surface area (Å²) < 4.78 is 0. The van der Waals surface area contributed by atoms with Gasteiger partial charge in [-0.1, -0.05) is 13.8 Å². The summed E-state index contributed by atoms with van der Waals surface area (Å²) in [5.41, 5.74) is -0.435. The van der Waals surface area contributed by atoms with Crippen molar-refractivity contribution in [2.24, 2.45) is 5.41 Å². The van der Waals surface area contributed by atoms with Gasteiger partial charge in [0.1, 0.15) is 0 Å². The summed E-state index contributed by atoms with van der Waals surface area (Å²) in [5, 5.41) is 8.20. The summed E-state index contributed by atoms with van der Waals surface area (Å²) in [7, 11) is 0. The average Bonchev–Trinajstić information content (AvgIpc) is 1.83. The summed E-state index contributed by atoms with van der Waals surface area (Å²) in [4.78, 5) is 10.3. The molecule has 0 spiro atoms. The van der Waals surface area contributed by atoms with Crippen molar-refractivity contribution in [1.82, 2.24) is 0 Å². The lowest BCUT2D eigenvalue weighted by Gasteiger charge is -2.26. The number of aliphatic carboxylic acids is 1. The standard InChI is InChI=1S/C7H12Cl2O2/c1-7(2,3-6(10)11)5(9)4-8/h5H,3-4H2,1-2H3,(H,10,11). The van der Waals surface area contributed by atoms with E-state index in [2.05, 4.69) is 0 Å². The number of carboxylic acid groups (broad SMARTS) is 1. The zero-order chi connectivity index (χ0) is 9.07. The van der Waals surface area contributed by atoms with E-state index >= 15 is 0 Å². The molecule has 0 saturated carbocycles. The number of alkyl halides is 2. The molecule has 0 aromatic rings. The van der Waals surface area contributed by atoms with E-state index in [9.17, 15) is 4.79 Å². The Hall–Kier alpha value is 0.0500. The Labute approximate surface area is 76.5 Å². The van der Waals surface area contributed by atoms with Gasteiger partial charge in [-0.3, -0.25) is 4.79 Å². The zero-order valence-corrected chi connectivity index (χ0v) is 8.11. The van der Waals surface area contributed by atoms with Crippen molar-refractivity contribution in [3.05, 3.63) is 0 Å². The molecular weight excluding hydrogens is 187 g/mol. The van der Waals surface area contributed by atoms with Crippen LogP contribution in [0.3, 0.4) is 0 Å². The minimum absolute atomic E-state index is 0.0495. The fourth-order valence-electron chi connectivity index (χ4n) is 0.709. The first-order valence-corrected chi connectivity index (χ1v) is 4.29. The summed E-state index contributed by atoms with van der Waals surface area (Å²) in [6, 6.07) is 0. The third-order valence-corrected chi connectivity index (χ3v) is 2.80. The molecule has 0 aliphatic carbocycles. The smallest absolute Gasteiger partial charge is 0.303 e. The van der Waals surface area contributed by atoms with Gasteiger partial charge in [0.05, 0.1) is 11.8 Å². The van der Waals surface area contributed by atoms with Gasteiger partial charge in [0.15, 0.2) is 0 Å². The van der Waals surface area contributed by atoms with Gasteiger partial charge >= 0.3 is 5.97 Å². The monoisotopic (exact) mass is 198 g/mol. The van der Waals surface area contributed by atoms with Crippen molar-refractivity contribution in [2.45, 2.75) is 25.6 Å². The van der Waals surface area contributed by atoms with Crippen molar-refractivity contribution < 1.29 is 9.90 Å². The maximum absolute atomic E-state index is 10.3. The van der Waals surface area contributed by atoms with Gasteiger partial charge in [0.25, 0.3) is 0 Å². The molecular formula is C7H12Cl2O2. The quantitative estimate of drug-likeness (QED) is 0.705. The number of carboxylic acids is 1. The molecule has 0 aliphatic heterocycles. The summed E-state index contributed by atoms with van der Waals surface area (Å²) >= 11 is 11.3. The number of rotatable bonds is 4. The van der Waals surface area contributed by atoms with E-state index in [0.29, 0.717) is 0 Å². The third kappa shape index (κ3) is 3.82. The van der Waals surface area contributed by atoms with Crippen molar-refractivity contribution >= 4 is 29.2 Å². The molecule has 1 unspecified atom stereocenters. The molecule has 0 amide bonds. The molecule has 4 heteroatoms. The van der Waals surface area contributed by atoms with Crippen LogP contribution in [-0.2, 0) is 4.79 Å². The van der Waals surface area contributed by atoms with E-state index in [1.807, 2.05) is 0 Å². The zero-order valence-electron chi connectivity index (χ0n) is 6.60. The van der Waals surface area contributed by atoms with Gasteiger partial charge < -0.3 is 5.11 Å². The van der Waals surface area contributed by atoms with Crippen molar-refractivity contribution in [3.8, 4) is 0 Å². The predicted octanol–water partition coefficient (Wildman–Crippen LogP) is 2.33. The Balaban J connectivity index is 4.08. The van der Waals surface area contributed by atoms with Gasteiger partial charge in [-0.15, -0.1) is 23.2 Å². The molecule has 66 valence electrons. The molecule has 0 radical (unpaired) electrons. The van der Waals surface area contributed by atoms with Crippen LogP contribution in [0.15, 0.2) is 0 Å². The fourth-order valence-corrected chi connectivity index (χ4v) is 1.20. The van der Waals surface area contributed by atoms with Crippen LogP contribution in [-0.4, -0.2) is 22.3 Å². The summed E-state index contributed by atoms with van der Waals surface area (Å²) in [5.74, 6) is -0.562. The van der Waals surface area contributed by atoms with Crippen LogP contribution < -0.4 is 0 Å². The molecule has 2 nitrogen and oxygen atoms in total. The second-order valence-electron chi connectivity index (χ2n) is 3.18. The molecule has 1 N–H and O–H groups in total. The van der Waals surface area contributed by atoms with E-state index < -0.39 is 11.4 Å². The molecule has 0 saturated heterocycles. The van der Waals surface area contributed by atoms with E-state index in [1.54, 1.807) is 13.8 Å². The average molecular weight is 199 g/mol. The number of carbonyl (C=O) groups is 1. The predicted molar refractivity (Wildman–Crippen MR) is 46.4 cm³/mol. The summed E-state index contributed by atoms with van der Waals surface area (Å²) in [6.07, 6.45) is 0.0495.